The van der Waals surface area contributed by atoms with E-state index in [2.05, 4.69) is 37.5 Å². The molecule has 0 radical (unpaired) electrons. The number of benzene rings is 1. The number of carbonyl (C=O) groups is 1. The molecule has 3 rings (SSSR count). The first-order chi connectivity index (χ1) is 10.7. The van der Waals surface area contributed by atoms with Crippen molar-refractivity contribution in [2.75, 3.05) is 36.8 Å². The molecule has 2 heterocycles. The van der Waals surface area contributed by atoms with Crippen molar-refractivity contribution in [2.24, 2.45) is 0 Å². The molecule has 1 aromatic heterocycles. The standard InChI is InChI=1S/C14H17N5O2S/c20-12(21)9-22-14-16-13(17-18-14)10-2-1-3-11(8-10)19-6-4-15-5-7-19/h1-3,8,15H,4-7,9H2,(H,20,21)(H,16,17,18). The quantitative estimate of drug-likeness (QED) is 0.709. The number of carboxylic acids is 1. The highest BCUT2D eigenvalue weighted by Gasteiger charge is 2.13. The molecule has 0 atom stereocenters. The molecule has 0 aliphatic carbocycles. The molecule has 1 saturated heterocycles. The molecule has 1 aromatic carbocycles. The van der Waals surface area contributed by atoms with Gasteiger partial charge in [-0.3, -0.25) is 9.89 Å². The second-order valence-corrected chi connectivity index (χ2v) is 5.88. The zero-order chi connectivity index (χ0) is 15.4. The van der Waals surface area contributed by atoms with Crippen molar-refractivity contribution in [3.05, 3.63) is 24.3 Å². The second-order valence-electron chi connectivity index (χ2n) is 4.94. The SMILES string of the molecule is O=C(O)CSc1n[nH]c(-c2cccc(N3CCNCC3)c2)n1. The third kappa shape index (κ3) is 3.58. The Bertz CT molecular complexity index is 654. The molecule has 22 heavy (non-hydrogen) atoms. The maximum absolute atomic E-state index is 10.6. The summed E-state index contributed by atoms with van der Waals surface area (Å²) in [5.41, 5.74) is 2.11. The van der Waals surface area contributed by atoms with Gasteiger partial charge in [0, 0.05) is 37.4 Å². The average Bonchev–Trinajstić information content (AvgIpc) is 3.03. The van der Waals surface area contributed by atoms with E-state index in [1.165, 1.54) is 0 Å². The Balaban J connectivity index is 1.75. The van der Waals surface area contributed by atoms with Crippen molar-refractivity contribution in [1.82, 2.24) is 20.5 Å². The molecule has 1 aliphatic heterocycles. The van der Waals surface area contributed by atoms with E-state index in [4.69, 9.17) is 5.11 Å². The zero-order valence-corrected chi connectivity index (χ0v) is 12.8. The molecule has 0 saturated carbocycles. The predicted molar refractivity (Wildman–Crippen MR) is 85.3 cm³/mol. The molecule has 3 N–H and O–H groups in total. The highest BCUT2D eigenvalue weighted by atomic mass is 32.2. The Hall–Kier alpha value is -2.06. The Morgan fingerprint density at radius 3 is 2.95 bits per heavy atom. The van der Waals surface area contributed by atoms with Crippen LogP contribution in [0.15, 0.2) is 29.4 Å². The summed E-state index contributed by atoms with van der Waals surface area (Å²) in [6.45, 7) is 3.95. The van der Waals surface area contributed by atoms with Crippen LogP contribution in [0, 0.1) is 0 Å². The summed E-state index contributed by atoms with van der Waals surface area (Å²) >= 11 is 1.10. The first kappa shape index (κ1) is 14.9. The predicted octanol–water partition coefficient (Wildman–Crippen LogP) is 1.06. The number of aliphatic carboxylic acids is 1. The van der Waals surface area contributed by atoms with Crippen LogP contribution < -0.4 is 10.2 Å². The molecule has 2 aromatic rings. The van der Waals surface area contributed by atoms with Crippen molar-refractivity contribution in [1.29, 1.82) is 0 Å². The number of H-pyrrole nitrogens is 1. The van der Waals surface area contributed by atoms with E-state index in [1.54, 1.807) is 0 Å². The van der Waals surface area contributed by atoms with Crippen LogP contribution in [-0.2, 0) is 4.79 Å². The van der Waals surface area contributed by atoms with Gasteiger partial charge in [0.1, 0.15) is 0 Å². The normalized spacial score (nSPS) is 15.0. The van der Waals surface area contributed by atoms with Gasteiger partial charge in [-0.15, -0.1) is 5.10 Å². The number of anilines is 1. The highest BCUT2D eigenvalue weighted by molar-refractivity contribution is 7.99. The number of rotatable bonds is 5. The smallest absolute Gasteiger partial charge is 0.313 e. The number of thioether (sulfide) groups is 1. The van der Waals surface area contributed by atoms with Crippen molar-refractivity contribution >= 4 is 23.4 Å². The van der Waals surface area contributed by atoms with Gasteiger partial charge in [0.15, 0.2) is 5.82 Å². The molecule has 7 nitrogen and oxygen atoms in total. The van der Waals surface area contributed by atoms with Crippen LogP contribution in [0.3, 0.4) is 0 Å². The lowest BCUT2D eigenvalue weighted by Crippen LogP contribution is -2.43. The highest BCUT2D eigenvalue weighted by Crippen LogP contribution is 2.24. The number of hydrogen-bond donors (Lipinski definition) is 3. The minimum atomic E-state index is -0.878. The maximum atomic E-state index is 10.6. The first-order valence-corrected chi connectivity index (χ1v) is 8.04. The van der Waals surface area contributed by atoms with Gasteiger partial charge in [-0.1, -0.05) is 23.9 Å². The van der Waals surface area contributed by atoms with E-state index in [0.29, 0.717) is 11.0 Å². The minimum absolute atomic E-state index is 0.0435. The van der Waals surface area contributed by atoms with E-state index in [9.17, 15) is 4.79 Å². The fraction of sp³-hybridized carbons (Fsp3) is 0.357. The van der Waals surface area contributed by atoms with Gasteiger partial charge in [-0.25, -0.2) is 4.98 Å². The van der Waals surface area contributed by atoms with E-state index in [0.717, 1.165) is 49.2 Å². The molecule has 8 heteroatoms. The van der Waals surface area contributed by atoms with Crippen LogP contribution in [0.2, 0.25) is 0 Å². The van der Waals surface area contributed by atoms with Crippen LogP contribution in [0.4, 0.5) is 5.69 Å². The minimum Gasteiger partial charge on any atom is -0.481 e. The first-order valence-electron chi connectivity index (χ1n) is 7.05. The number of carboxylic acid groups (broad SMARTS) is 1. The summed E-state index contributed by atoms with van der Waals surface area (Å²) in [7, 11) is 0. The molecule has 116 valence electrons. The van der Waals surface area contributed by atoms with E-state index < -0.39 is 5.97 Å². The lowest BCUT2D eigenvalue weighted by molar-refractivity contribution is -0.133. The number of aromatic amines is 1. The number of hydrogen-bond acceptors (Lipinski definition) is 6. The summed E-state index contributed by atoms with van der Waals surface area (Å²) in [6, 6.07) is 8.14. The zero-order valence-electron chi connectivity index (χ0n) is 12.0. The van der Waals surface area contributed by atoms with Gasteiger partial charge in [0.25, 0.3) is 0 Å². The van der Waals surface area contributed by atoms with Crippen LogP contribution in [0.25, 0.3) is 11.4 Å². The lowest BCUT2D eigenvalue weighted by atomic mass is 10.1. The monoisotopic (exact) mass is 319 g/mol. The van der Waals surface area contributed by atoms with Crippen LogP contribution in [-0.4, -0.2) is 58.2 Å². The Morgan fingerprint density at radius 1 is 1.36 bits per heavy atom. The van der Waals surface area contributed by atoms with Gasteiger partial charge in [0.2, 0.25) is 5.16 Å². The molecule has 0 unspecified atom stereocenters. The fourth-order valence-electron chi connectivity index (χ4n) is 2.34. The molecule has 0 bridgehead atoms. The van der Waals surface area contributed by atoms with Gasteiger partial charge in [0.05, 0.1) is 5.75 Å². The summed E-state index contributed by atoms with van der Waals surface area (Å²) < 4.78 is 0. The van der Waals surface area contributed by atoms with E-state index in [1.807, 2.05) is 12.1 Å². The second kappa shape index (κ2) is 6.80. The molecule has 0 spiro atoms. The molecule has 1 fully saturated rings. The number of nitrogens with one attached hydrogen (secondary N) is 2. The fourth-order valence-corrected chi connectivity index (χ4v) is 2.86. The third-order valence-corrected chi connectivity index (χ3v) is 4.22. The topological polar surface area (TPSA) is 94.1 Å². The van der Waals surface area contributed by atoms with Crippen molar-refractivity contribution in [2.45, 2.75) is 5.16 Å². The molecular weight excluding hydrogens is 302 g/mol. The molecular formula is C14H17N5O2S. The van der Waals surface area contributed by atoms with Crippen LogP contribution in [0.1, 0.15) is 0 Å². The van der Waals surface area contributed by atoms with E-state index >= 15 is 0 Å². The number of nitrogens with zero attached hydrogens (tertiary/aromatic N) is 3. The van der Waals surface area contributed by atoms with Gasteiger partial charge < -0.3 is 15.3 Å². The summed E-state index contributed by atoms with van der Waals surface area (Å²) in [5, 5.41) is 19.4. The van der Waals surface area contributed by atoms with Crippen molar-refractivity contribution in [3.8, 4) is 11.4 Å². The largest absolute Gasteiger partial charge is 0.481 e. The van der Waals surface area contributed by atoms with Crippen molar-refractivity contribution in [3.63, 3.8) is 0 Å². The van der Waals surface area contributed by atoms with E-state index in [-0.39, 0.29) is 5.75 Å². The lowest BCUT2D eigenvalue weighted by Gasteiger charge is -2.29. The Labute approximate surface area is 132 Å². The van der Waals surface area contributed by atoms with Crippen molar-refractivity contribution < 1.29 is 9.90 Å². The van der Waals surface area contributed by atoms with Gasteiger partial charge in [-0.05, 0) is 12.1 Å². The number of piperazine rings is 1. The Kier molecular flexibility index (Phi) is 4.59. The van der Waals surface area contributed by atoms with Crippen LogP contribution >= 0.6 is 11.8 Å². The van der Waals surface area contributed by atoms with Gasteiger partial charge >= 0.3 is 5.97 Å². The maximum Gasteiger partial charge on any atom is 0.313 e. The van der Waals surface area contributed by atoms with Crippen LogP contribution in [0.5, 0.6) is 0 Å². The Morgan fingerprint density at radius 2 is 2.18 bits per heavy atom. The van der Waals surface area contributed by atoms with Gasteiger partial charge in [-0.2, -0.15) is 0 Å². The third-order valence-electron chi connectivity index (χ3n) is 3.39. The summed E-state index contributed by atoms with van der Waals surface area (Å²) in [4.78, 5) is 17.2. The average molecular weight is 319 g/mol. The summed E-state index contributed by atoms with van der Waals surface area (Å²) in [5.74, 6) is -0.264. The molecule has 1 aliphatic rings. The summed E-state index contributed by atoms with van der Waals surface area (Å²) in [6.07, 6.45) is 0. The number of aromatic nitrogens is 3. The molecule has 0 amide bonds.